The van der Waals surface area contributed by atoms with Gasteiger partial charge in [0.25, 0.3) is 10.0 Å². The van der Waals surface area contributed by atoms with E-state index in [0.717, 1.165) is 9.87 Å². The van der Waals surface area contributed by atoms with Crippen LogP contribution in [0.25, 0.3) is 0 Å². The normalized spacial score (nSPS) is 12.4. The molecule has 0 heterocycles. The molecule has 2 amide bonds. The van der Waals surface area contributed by atoms with Crippen molar-refractivity contribution < 1.29 is 32.2 Å². The quantitative estimate of drug-likeness (QED) is 0.122. The van der Waals surface area contributed by atoms with Gasteiger partial charge in [-0.15, -0.1) is 0 Å². The third kappa shape index (κ3) is 10.1. The van der Waals surface area contributed by atoms with Gasteiger partial charge < -0.3 is 24.4 Å². The van der Waals surface area contributed by atoms with Crippen LogP contribution in [0.3, 0.4) is 0 Å². The SMILES string of the molecule is CCOc1ccc(N(CC(=O)N(Cc2ccc(Cl)cc2Cl)[C@@H](Cc2ccccc2)C(=O)N[C@H](C)CC)S(=O)(=O)c2ccc(OC)c(OC)c2)cc1. The van der Waals surface area contributed by atoms with Crippen molar-refractivity contribution >= 4 is 50.7 Å². The van der Waals surface area contributed by atoms with Gasteiger partial charge in [-0.05, 0) is 79.9 Å². The second kappa shape index (κ2) is 18.2. The number of methoxy groups -OCH3 is 2. The molecule has 0 saturated carbocycles. The van der Waals surface area contributed by atoms with Gasteiger partial charge in [-0.2, -0.15) is 0 Å². The van der Waals surface area contributed by atoms with Gasteiger partial charge in [0.05, 0.1) is 31.4 Å². The Labute approximate surface area is 310 Å². The predicted molar refractivity (Wildman–Crippen MR) is 201 cm³/mol. The number of hydrogen-bond donors (Lipinski definition) is 1. The number of ether oxygens (including phenoxy) is 3. The van der Waals surface area contributed by atoms with Crippen LogP contribution in [0.4, 0.5) is 5.69 Å². The van der Waals surface area contributed by atoms with Crippen LogP contribution in [0.5, 0.6) is 17.2 Å². The van der Waals surface area contributed by atoms with Crippen molar-refractivity contribution in [2.24, 2.45) is 0 Å². The molecule has 0 saturated heterocycles. The first-order valence-corrected chi connectivity index (χ1v) is 18.7. The lowest BCUT2D eigenvalue weighted by Crippen LogP contribution is -2.54. The zero-order valence-electron chi connectivity index (χ0n) is 29.3. The first kappa shape index (κ1) is 39.3. The van der Waals surface area contributed by atoms with E-state index < -0.39 is 28.5 Å². The second-order valence-electron chi connectivity index (χ2n) is 11.7. The zero-order valence-corrected chi connectivity index (χ0v) is 31.6. The minimum atomic E-state index is -4.41. The van der Waals surface area contributed by atoms with E-state index in [0.29, 0.717) is 40.1 Å². The highest BCUT2D eigenvalue weighted by Gasteiger charge is 2.35. The highest BCUT2D eigenvalue weighted by Crippen LogP contribution is 2.33. The number of anilines is 1. The van der Waals surface area contributed by atoms with Crippen LogP contribution >= 0.6 is 23.2 Å². The van der Waals surface area contributed by atoms with E-state index >= 15 is 0 Å². The molecule has 0 aliphatic heterocycles. The van der Waals surface area contributed by atoms with Crippen molar-refractivity contribution in [3.05, 3.63) is 112 Å². The number of carbonyl (C=O) groups excluding carboxylic acids is 2. The molecule has 4 aromatic rings. The number of sulfonamides is 1. The van der Waals surface area contributed by atoms with Crippen molar-refractivity contribution in [1.82, 2.24) is 10.2 Å². The van der Waals surface area contributed by atoms with Gasteiger partial charge in [0.15, 0.2) is 11.5 Å². The van der Waals surface area contributed by atoms with E-state index in [4.69, 9.17) is 37.4 Å². The summed E-state index contributed by atoms with van der Waals surface area (Å²) in [6.07, 6.45) is 0.821. The number of benzene rings is 4. The van der Waals surface area contributed by atoms with Crippen molar-refractivity contribution in [2.45, 2.75) is 57.1 Å². The smallest absolute Gasteiger partial charge is 0.264 e. The van der Waals surface area contributed by atoms with Gasteiger partial charge in [-0.1, -0.05) is 66.5 Å². The number of amides is 2. The topological polar surface area (TPSA) is 114 Å². The second-order valence-corrected chi connectivity index (χ2v) is 14.4. The Kier molecular flexibility index (Phi) is 14.0. The standard InChI is InChI=1S/C38H43Cl2N3O7S/c1-6-26(3)41-38(45)34(21-27-11-9-8-10-12-27)42(24-28-13-14-29(39)22-33(28)40)37(44)25-43(30-15-17-31(18-16-30)50-7-2)51(46,47)32-19-20-35(48-4)36(23-32)49-5/h8-20,22-23,26,34H,6-7,21,24-25H2,1-5H3,(H,41,45)/t26-,34+/m1/s1. The van der Waals surface area contributed by atoms with Crippen LogP contribution in [-0.4, -0.2) is 64.6 Å². The molecular formula is C38H43Cl2N3O7S. The molecule has 0 spiro atoms. The lowest BCUT2D eigenvalue weighted by atomic mass is 10.0. The summed E-state index contributed by atoms with van der Waals surface area (Å²) in [5.41, 5.74) is 1.54. The molecule has 0 fully saturated rings. The van der Waals surface area contributed by atoms with E-state index in [9.17, 15) is 18.0 Å². The number of nitrogens with one attached hydrogen (secondary N) is 1. The van der Waals surface area contributed by atoms with Gasteiger partial charge in [-0.25, -0.2) is 8.42 Å². The Morgan fingerprint density at radius 1 is 0.863 bits per heavy atom. The summed E-state index contributed by atoms with van der Waals surface area (Å²) in [6, 6.07) is 23.6. The van der Waals surface area contributed by atoms with Gasteiger partial charge in [0.1, 0.15) is 18.3 Å². The molecule has 0 aliphatic rings. The summed E-state index contributed by atoms with van der Waals surface area (Å²) >= 11 is 12.8. The van der Waals surface area contributed by atoms with E-state index in [1.165, 1.54) is 37.3 Å². The molecule has 0 radical (unpaired) electrons. The van der Waals surface area contributed by atoms with Crippen molar-refractivity contribution in [3.63, 3.8) is 0 Å². The Balaban J connectivity index is 1.86. The first-order valence-electron chi connectivity index (χ1n) is 16.5. The molecule has 4 rings (SSSR count). The van der Waals surface area contributed by atoms with Gasteiger partial charge in [-0.3, -0.25) is 13.9 Å². The first-order chi connectivity index (χ1) is 24.4. The maximum absolute atomic E-state index is 14.8. The van der Waals surface area contributed by atoms with Crippen LogP contribution in [0.15, 0.2) is 95.9 Å². The average molecular weight is 757 g/mol. The van der Waals surface area contributed by atoms with Crippen LogP contribution < -0.4 is 23.8 Å². The third-order valence-corrected chi connectivity index (χ3v) is 10.6. The minimum absolute atomic E-state index is 0.103. The van der Waals surface area contributed by atoms with E-state index in [2.05, 4.69) is 5.32 Å². The largest absolute Gasteiger partial charge is 0.494 e. The Morgan fingerprint density at radius 2 is 1.55 bits per heavy atom. The van der Waals surface area contributed by atoms with Crippen molar-refractivity contribution in [1.29, 1.82) is 0 Å². The van der Waals surface area contributed by atoms with Crippen LogP contribution in [-0.2, 0) is 32.6 Å². The van der Waals surface area contributed by atoms with E-state index in [-0.39, 0.29) is 41.2 Å². The fourth-order valence-corrected chi connectivity index (χ4v) is 7.24. The average Bonchev–Trinajstić information content (AvgIpc) is 3.13. The highest BCUT2D eigenvalue weighted by atomic mass is 35.5. The summed E-state index contributed by atoms with van der Waals surface area (Å²) in [5, 5.41) is 3.72. The fraction of sp³-hybridized carbons (Fsp3) is 0.316. The highest BCUT2D eigenvalue weighted by molar-refractivity contribution is 7.92. The number of nitrogens with zero attached hydrogens (tertiary/aromatic N) is 2. The zero-order chi connectivity index (χ0) is 37.1. The molecule has 0 aliphatic carbocycles. The Bertz CT molecular complexity index is 1890. The molecule has 0 aromatic heterocycles. The summed E-state index contributed by atoms with van der Waals surface area (Å²) in [5.74, 6) is 0.0308. The summed E-state index contributed by atoms with van der Waals surface area (Å²) in [7, 11) is -1.57. The van der Waals surface area contributed by atoms with Crippen LogP contribution in [0, 0.1) is 0 Å². The van der Waals surface area contributed by atoms with Gasteiger partial charge >= 0.3 is 0 Å². The van der Waals surface area contributed by atoms with Crippen molar-refractivity contribution in [3.8, 4) is 17.2 Å². The lowest BCUT2D eigenvalue weighted by molar-refractivity contribution is -0.140. The Hall–Kier alpha value is -4.45. The maximum Gasteiger partial charge on any atom is 0.264 e. The minimum Gasteiger partial charge on any atom is -0.494 e. The molecule has 272 valence electrons. The number of halogens is 2. The van der Waals surface area contributed by atoms with Crippen LogP contribution in [0.2, 0.25) is 10.0 Å². The maximum atomic E-state index is 14.8. The molecule has 1 N–H and O–H groups in total. The Morgan fingerprint density at radius 3 is 2.16 bits per heavy atom. The number of carbonyl (C=O) groups is 2. The fourth-order valence-electron chi connectivity index (χ4n) is 5.34. The monoisotopic (exact) mass is 755 g/mol. The summed E-state index contributed by atoms with van der Waals surface area (Å²) in [6.45, 7) is 5.32. The van der Waals surface area contributed by atoms with Gasteiger partial charge in [0.2, 0.25) is 11.8 Å². The molecule has 4 aromatic carbocycles. The van der Waals surface area contributed by atoms with E-state index in [1.54, 1.807) is 42.5 Å². The number of rotatable bonds is 17. The molecule has 10 nitrogen and oxygen atoms in total. The predicted octanol–water partition coefficient (Wildman–Crippen LogP) is 7.16. The number of hydrogen-bond acceptors (Lipinski definition) is 7. The molecular weight excluding hydrogens is 713 g/mol. The summed E-state index contributed by atoms with van der Waals surface area (Å²) < 4.78 is 46.3. The van der Waals surface area contributed by atoms with E-state index in [1.807, 2.05) is 51.1 Å². The lowest BCUT2D eigenvalue weighted by Gasteiger charge is -2.34. The third-order valence-electron chi connectivity index (χ3n) is 8.29. The summed E-state index contributed by atoms with van der Waals surface area (Å²) in [4.78, 5) is 30.1. The molecule has 2 atom stereocenters. The molecule has 51 heavy (non-hydrogen) atoms. The molecule has 0 unspecified atom stereocenters. The molecule has 0 bridgehead atoms. The van der Waals surface area contributed by atoms with Crippen molar-refractivity contribution in [2.75, 3.05) is 31.7 Å². The molecule has 13 heteroatoms. The van der Waals surface area contributed by atoms with Gasteiger partial charge in [0, 0.05) is 35.1 Å². The van der Waals surface area contributed by atoms with Crippen LogP contribution in [0.1, 0.15) is 38.3 Å².